The number of piperidine rings is 1. The number of Topliss-reactive ketones (excluding diaryl/α,β-unsaturated/α-hetero) is 1. The lowest BCUT2D eigenvalue weighted by Gasteiger charge is -2.58. The molecule has 3 atom stereocenters. The van der Waals surface area contributed by atoms with Crippen LogP contribution < -0.4 is 4.74 Å². The third-order valence-electron chi connectivity index (χ3n) is 6.27. The number of aromatic hydroxyl groups is 1. The van der Waals surface area contributed by atoms with Crippen LogP contribution in [0, 0.1) is 5.92 Å². The Hall–Kier alpha value is -1.55. The smallest absolute Gasteiger partial charge is 0.161 e. The molecule has 2 aliphatic carbocycles. The first-order chi connectivity index (χ1) is 10.6. The van der Waals surface area contributed by atoms with Crippen LogP contribution in [0.2, 0.25) is 0 Å². The summed E-state index contributed by atoms with van der Waals surface area (Å²) in [5, 5.41) is 10.8. The maximum Gasteiger partial charge on any atom is 0.161 e. The minimum Gasteiger partial charge on any atom is -0.504 e. The molecule has 1 saturated heterocycles. The van der Waals surface area contributed by atoms with Crippen molar-refractivity contribution in [2.45, 2.75) is 43.6 Å². The summed E-state index contributed by atoms with van der Waals surface area (Å²) >= 11 is 0. The summed E-state index contributed by atoms with van der Waals surface area (Å²) in [6.07, 6.45) is 4.13. The lowest BCUT2D eigenvalue weighted by atomic mass is 9.52. The summed E-state index contributed by atoms with van der Waals surface area (Å²) in [7, 11) is 3.78. The van der Waals surface area contributed by atoms with Gasteiger partial charge in [0.25, 0.3) is 0 Å². The molecule has 2 bridgehead atoms. The minimum absolute atomic E-state index is 0.182. The van der Waals surface area contributed by atoms with Gasteiger partial charge < -0.3 is 14.7 Å². The number of carbonyl (C=O) groups is 1. The first-order valence-electron chi connectivity index (χ1n) is 8.18. The standard InChI is InChI=1S/C18H23NO3/c1-19-8-7-18-10-12(20)4-5-13(18)14(19)9-11-3-6-15(22-2)17(21)16(11)18/h3,6,13-14,21H,4-5,7-10H2,1-2H3/t13-,14-,18+/m0/s1. The summed E-state index contributed by atoms with van der Waals surface area (Å²) in [4.78, 5) is 14.7. The van der Waals surface area contributed by atoms with Gasteiger partial charge in [0, 0.05) is 29.9 Å². The van der Waals surface area contributed by atoms with Gasteiger partial charge in [-0.25, -0.2) is 0 Å². The number of carbonyl (C=O) groups excluding carboxylic acids is 1. The van der Waals surface area contributed by atoms with Gasteiger partial charge in [0.05, 0.1) is 7.11 Å². The van der Waals surface area contributed by atoms with Crippen LogP contribution in [0.1, 0.15) is 36.8 Å². The Morgan fingerprint density at radius 2 is 2.23 bits per heavy atom. The maximum atomic E-state index is 12.2. The van der Waals surface area contributed by atoms with E-state index in [1.807, 2.05) is 6.07 Å². The summed E-state index contributed by atoms with van der Waals surface area (Å²) < 4.78 is 5.33. The predicted octanol–water partition coefficient (Wildman–Crippen LogP) is 2.27. The molecule has 3 aliphatic rings. The fraction of sp³-hybridized carbons (Fsp3) is 0.611. The predicted molar refractivity (Wildman–Crippen MR) is 83.4 cm³/mol. The van der Waals surface area contributed by atoms with Crippen molar-refractivity contribution < 1.29 is 14.6 Å². The number of nitrogens with zero attached hydrogens (tertiary/aromatic N) is 1. The van der Waals surface area contributed by atoms with Crippen LogP contribution in [0.25, 0.3) is 0 Å². The Morgan fingerprint density at radius 3 is 3.00 bits per heavy atom. The average Bonchev–Trinajstić information content (AvgIpc) is 2.50. The Kier molecular flexibility index (Phi) is 3.02. The molecule has 1 N–H and O–H groups in total. The van der Waals surface area contributed by atoms with Crippen molar-refractivity contribution in [3.05, 3.63) is 23.3 Å². The number of benzene rings is 1. The second-order valence-corrected chi connectivity index (χ2v) is 7.17. The van der Waals surface area contributed by atoms with Crippen LogP contribution in [-0.2, 0) is 16.6 Å². The molecule has 0 spiro atoms. The van der Waals surface area contributed by atoms with Gasteiger partial charge in [0.15, 0.2) is 11.5 Å². The van der Waals surface area contributed by atoms with Crippen LogP contribution in [0.15, 0.2) is 12.1 Å². The number of phenolic OH excluding ortho intramolecular Hbond substituents is 1. The van der Waals surface area contributed by atoms with Crippen molar-refractivity contribution in [3.63, 3.8) is 0 Å². The molecular weight excluding hydrogens is 278 g/mol. The number of methoxy groups -OCH3 is 1. The van der Waals surface area contributed by atoms with Crippen molar-refractivity contribution in [2.75, 3.05) is 20.7 Å². The van der Waals surface area contributed by atoms with E-state index in [0.29, 0.717) is 36.3 Å². The van der Waals surface area contributed by atoms with Gasteiger partial charge in [-0.2, -0.15) is 0 Å². The molecule has 0 aromatic heterocycles. The van der Waals surface area contributed by atoms with Crippen molar-refractivity contribution in [1.29, 1.82) is 0 Å². The van der Waals surface area contributed by atoms with E-state index in [9.17, 15) is 9.90 Å². The van der Waals surface area contributed by atoms with Crippen LogP contribution in [0.4, 0.5) is 0 Å². The summed E-state index contributed by atoms with van der Waals surface area (Å²) in [5.74, 6) is 1.61. The van der Waals surface area contributed by atoms with Gasteiger partial charge in [-0.05, 0) is 50.4 Å². The molecular formula is C18H23NO3. The van der Waals surface area contributed by atoms with Crippen LogP contribution >= 0.6 is 0 Å². The molecule has 1 aromatic rings. The first kappa shape index (κ1) is 14.1. The lowest BCUT2D eigenvalue weighted by Crippen LogP contribution is -2.60. The molecule has 1 aromatic carbocycles. The number of rotatable bonds is 1. The molecule has 1 aliphatic heterocycles. The van der Waals surface area contributed by atoms with Crippen molar-refractivity contribution in [3.8, 4) is 11.5 Å². The number of likely N-dealkylation sites (N-methyl/N-ethyl adjacent to an activating group) is 1. The van der Waals surface area contributed by atoms with E-state index in [4.69, 9.17) is 4.74 Å². The van der Waals surface area contributed by atoms with Crippen molar-refractivity contribution >= 4 is 5.78 Å². The summed E-state index contributed by atoms with van der Waals surface area (Å²) in [5.41, 5.74) is 2.02. The number of phenols is 1. The van der Waals surface area contributed by atoms with E-state index < -0.39 is 0 Å². The topological polar surface area (TPSA) is 49.8 Å². The highest BCUT2D eigenvalue weighted by Crippen LogP contribution is 2.58. The van der Waals surface area contributed by atoms with E-state index in [2.05, 4.69) is 18.0 Å². The highest BCUT2D eigenvalue weighted by atomic mass is 16.5. The highest BCUT2D eigenvalue weighted by Gasteiger charge is 2.56. The van der Waals surface area contributed by atoms with Crippen LogP contribution in [0.5, 0.6) is 11.5 Å². The number of fused-ring (bicyclic) bond motifs is 1. The molecule has 2 fully saturated rings. The molecule has 0 amide bonds. The van der Waals surface area contributed by atoms with E-state index in [-0.39, 0.29) is 11.2 Å². The van der Waals surface area contributed by atoms with Gasteiger partial charge in [0.1, 0.15) is 5.78 Å². The molecule has 22 heavy (non-hydrogen) atoms. The molecule has 4 rings (SSSR count). The zero-order valence-electron chi connectivity index (χ0n) is 13.3. The number of hydrogen-bond donors (Lipinski definition) is 1. The van der Waals surface area contributed by atoms with Gasteiger partial charge in [0.2, 0.25) is 0 Å². The molecule has 1 saturated carbocycles. The van der Waals surface area contributed by atoms with Crippen LogP contribution in [0.3, 0.4) is 0 Å². The Balaban J connectivity index is 1.95. The zero-order valence-corrected chi connectivity index (χ0v) is 13.3. The molecule has 4 heteroatoms. The SMILES string of the molecule is COc1ccc2c(c1O)[C@@]13CCN(C)[C@@H](C2)[C@@H]1CCC(=O)C3. The second-order valence-electron chi connectivity index (χ2n) is 7.17. The number of ether oxygens (including phenoxy) is 1. The highest BCUT2D eigenvalue weighted by molar-refractivity contribution is 5.82. The number of ketones is 1. The van der Waals surface area contributed by atoms with Crippen LogP contribution in [-0.4, -0.2) is 42.5 Å². The van der Waals surface area contributed by atoms with Gasteiger partial charge >= 0.3 is 0 Å². The summed E-state index contributed by atoms with van der Waals surface area (Å²) in [6.45, 7) is 0.991. The fourth-order valence-corrected chi connectivity index (χ4v) is 5.27. The lowest BCUT2D eigenvalue weighted by molar-refractivity contribution is -0.126. The van der Waals surface area contributed by atoms with E-state index in [0.717, 1.165) is 31.4 Å². The minimum atomic E-state index is -0.182. The third kappa shape index (κ3) is 1.70. The first-order valence-corrected chi connectivity index (χ1v) is 8.18. The average molecular weight is 301 g/mol. The Bertz CT molecular complexity index is 641. The number of likely N-dealkylation sites (tertiary alicyclic amines) is 1. The van der Waals surface area contributed by atoms with E-state index in [1.165, 1.54) is 5.56 Å². The van der Waals surface area contributed by atoms with E-state index >= 15 is 0 Å². The van der Waals surface area contributed by atoms with Gasteiger partial charge in [-0.3, -0.25) is 4.79 Å². The fourth-order valence-electron chi connectivity index (χ4n) is 5.27. The van der Waals surface area contributed by atoms with Crippen molar-refractivity contribution in [1.82, 2.24) is 4.90 Å². The zero-order chi connectivity index (χ0) is 15.5. The second kappa shape index (κ2) is 4.72. The Labute approximate surface area is 131 Å². The number of hydrogen-bond acceptors (Lipinski definition) is 4. The Morgan fingerprint density at radius 1 is 1.41 bits per heavy atom. The van der Waals surface area contributed by atoms with Crippen molar-refractivity contribution in [2.24, 2.45) is 5.92 Å². The third-order valence-corrected chi connectivity index (χ3v) is 6.27. The summed E-state index contributed by atoms with van der Waals surface area (Å²) in [6, 6.07) is 4.42. The maximum absolute atomic E-state index is 12.2. The quantitative estimate of drug-likeness (QED) is 0.864. The van der Waals surface area contributed by atoms with Gasteiger partial charge in [-0.15, -0.1) is 0 Å². The molecule has 0 radical (unpaired) electrons. The largest absolute Gasteiger partial charge is 0.504 e. The van der Waals surface area contributed by atoms with E-state index in [1.54, 1.807) is 7.11 Å². The molecule has 4 nitrogen and oxygen atoms in total. The molecule has 0 unspecified atom stereocenters. The molecule has 1 heterocycles. The normalized spacial score (nSPS) is 34.0. The monoisotopic (exact) mass is 301 g/mol. The van der Waals surface area contributed by atoms with Gasteiger partial charge in [-0.1, -0.05) is 6.07 Å². The molecule has 118 valence electrons.